The molecular formula is C24H29ClN2O2. The van der Waals surface area contributed by atoms with Crippen molar-refractivity contribution in [2.45, 2.75) is 58.2 Å². The van der Waals surface area contributed by atoms with E-state index >= 15 is 0 Å². The molecule has 1 aliphatic rings. The van der Waals surface area contributed by atoms with Crippen LogP contribution in [0.1, 0.15) is 62.0 Å². The predicted molar refractivity (Wildman–Crippen MR) is 117 cm³/mol. The zero-order valence-corrected chi connectivity index (χ0v) is 18.0. The van der Waals surface area contributed by atoms with Gasteiger partial charge in [0, 0.05) is 12.1 Å². The first kappa shape index (κ1) is 21.4. The summed E-state index contributed by atoms with van der Waals surface area (Å²) >= 11 is 6.19. The minimum Gasteiger partial charge on any atom is -0.345 e. The van der Waals surface area contributed by atoms with Crippen molar-refractivity contribution in [2.24, 2.45) is 5.92 Å². The van der Waals surface area contributed by atoms with Gasteiger partial charge in [0.05, 0.1) is 23.0 Å². The number of carbonyl (C=O) groups is 2. The highest BCUT2D eigenvalue weighted by atomic mass is 35.5. The topological polar surface area (TPSA) is 49.4 Å². The molecule has 1 saturated carbocycles. The molecule has 1 fully saturated rings. The number of hydrogen-bond acceptors (Lipinski definition) is 2. The molecule has 2 unspecified atom stereocenters. The number of benzene rings is 2. The van der Waals surface area contributed by atoms with Gasteiger partial charge in [-0.25, -0.2) is 0 Å². The molecule has 0 aliphatic heterocycles. The van der Waals surface area contributed by atoms with Crippen molar-refractivity contribution in [1.82, 2.24) is 10.2 Å². The summed E-state index contributed by atoms with van der Waals surface area (Å²) in [6.45, 7) is 6.39. The Morgan fingerprint density at radius 3 is 2.24 bits per heavy atom. The number of rotatable bonds is 8. The van der Waals surface area contributed by atoms with E-state index in [1.807, 2.05) is 35.2 Å². The monoisotopic (exact) mass is 412 g/mol. The zero-order valence-electron chi connectivity index (χ0n) is 17.3. The highest BCUT2D eigenvalue weighted by molar-refractivity contribution is 6.33. The molecule has 0 saturated heterocycles. The van der Waals surface area contributed by atoms with Gasteiger partial charge in [0.15, 0.2) is 0 Å². The van der Waals surface area contributed by atoms with Gasteiger partial charge in [-0.1, -0.05) is 67.9 Å². The summed E-state index contributed by atoms with van der Waals surface area (Å²) in [7, 11) is 0. The average Bonchev–Trinajstić information content (AvgIpc) is 3.53. The SMILES string of the molecule is CC(C)C(C)N(C(=O)CC(NC(=O)c1ccccc1Cl)c1ccccc1)C1CC1. The van der Waals surface area contributed by atoms with Crippen LogP contribution in [-0.4, -0.2) is 28.8 Å². The third-order valence-electron chi connectivity index (χ3n) is 5.64. The second-order valence-electron chi connectivity index (χ2n) is 8.14. The number of hydrogen-bond donors (Lipinski definition) is 1. The number of nitrogens with zero attached hydrogens (tertiary/aromatic N) is 1. The fourth-order valence-electron chi connectivity index (χ4n) is 3.54. The van der Waals surface area contributed by atoms with Crippen LogP contribution in [0, 0.1) is 5.92 Å². The van der Waals surface area contributed by atoms with E-state index in [0.29, 0.717) is 22.5 Å². The molecule has 0 aromatic heterocycles. The number of amides is 2. The van der Waals surface area contributed by atoms with Crippen molar-refractivity contribution >= 4 is 23.4 Å². The maximum absolute atomic E-state index is 13.3. The van der Waals surface area contributed by atoms with Gasteiger partial charge in [-0.05, 0) is 43.4 Å². The second-order valence-corrected chi connectivity index (χ2v) is 8.54. The predicted octanol–water partition coefficient (Wildman–Crippen LogP) is 5.24. The van der Waals surface area contributed by atoms with Gasteiger partial charge in [0.25, 0.3) is 5.91 Å². The minimum atomic E-state index is -0.409. The molecule has 1 aliphatic carbocycles. The van der Waals surface area contributed by atoms with Crippen molar-refractivity contribution in [2.75, 3.05) is 0 Å². The van der Waals surface area contributed by atoms with E-state index in [1.54, 1.807) is 24.3 Å². The lowest BCUT2D eigenvalue weighted by Gasteiger charge is -2.33. The molecule has 0 heterocycles. The van der Waals surface area contributed by atoms with Crippen LogP contribution in [0.4, 0.5) is 0 Å². The van der Waals surface area contributed by atoms with E-state index in [2.05, 4.69) is 26.1 Å². The standard InChI is InChI=1S/C24H29ClN2O2/c1-16(2)17(3)27(19-13-14-19)23(28)15-22(18-9-5-4-6-10-18)26-24(29)20-11-7-8-12-21(20)25/h4-12,16-17,19,22H,13-15H2,1-3H3,(H,26,29). The average molecular weight is 413 g/mol. The van der Waals surface area contributed by atoms with Crippen molar-refractivity contribution in [1.29, 1.82) is 0 Å². The third-order valence-corrected chi connectivity index (χ3v) is 5.97. The molecular weight excluding hydrogens is 384 g/mol. The maximum atomic E-state index is 13.3. The molecule has 5 heteroatoms. The van der Waals surface area contributed by atoms with E-state index < -0.39 is 6.04 Å². The van der Waals surface area contributed by atoms with Crippen LogP contribution in [0.3, 0.4) is 0 Å². The van der Waals surface area contributed by atoms with E-state index in [1.165, 1.54) is 0 Å². The van der Waals surface area contributed by atoms with Crippen LogP contribution in [0.2, 0.25) is 5.02 Å². The Hall–Kier alpha value is -2.33. The molecule has 1 N–H and O–H groups in total. The summed E-state index contributed by atoms with van der Waals surface area (Å²) in [4.78, 5) is 28.2. The van der Waals surface area contributed by atoms with E-state index in [-0.39, 0.29) is 24.3 Å². The van der Waals surface area contributed by atoms with Crippen molar-refractivity contribution in [3.05, 3.63) is 70.7 Å². The molecule has 0 radical (unpaired) electrons. The summed E-state index contributed by atoms with van der Waals surface area (Å²) in [6.07, 6.45) is 2.35. The van der Waals surface area contributed by atoms with Gasteiger partial charge in [0.1, 0.15) is 0 Å². The molecule has 2 aromatic rings. The molecule has 2 atom stereocenters. The molecule has 2 amide bonds. The first-order valence-electron chi connectivity index (χ1n) is 10.3. The molecule has 3 rings (SSSR count). The number of carbonyl (C=O) groups excluding carboxylic acids is 2. The Kier molecular flexibility index (Phi) is 6.96. The molecule has 0 spiro atoms. The van der Waals surface area contributed by atoms with E-state index in [0.717, 1.165) is 18.4 Å². The lowest BCUT2D eigenvalue weighted by molar-refractivity contribution is -0.135. The fraction of sp³-hybridized carbons (Fsp3) is 0.417. The lowest BCUT2D eigenvalue weighted by atomic mass is 9.99. The van der Waals surface area contributed by atoms with Crippen molar-refractivity contribution in [3.63, 3.8) is 0 Å². The quantitative estimate of drug-likeness (QED) is 0.644. The zero-order chi connectivity index (χ0) is 21.0. The normalized spacial score (nSPS) is 15.6. The largest absolute Gasteiger partial charge is 0.345 e. The number of halogens is 1. The van der Waals surface area contributed by atoms with Crippen molar-refractivity contribution in [3.8, 4) is 0 Å². The summed E-state index contributed by atoms with van der Waals surface area (Å²) < 4.78 is 0. The van der Waals surface area contributed by atoms with Crippen LogP contribution in [0.5, 0.6) is 0 Å². The van der Waals surface area contributed by atoms with Crippen LogP contribution in [-0.2, 0) is 4.79 Å². The van der Waals surface area contributed by atoms with Gasteiger partial charge in [-0.2, -0.15) is 0 Å². The van der Waals surface area contributed by atoms with Crippen molar-refractivity contribution < 1.29 is 9.59 Å². The summed E-state index contributed by atoms with van der Waals surface area (Å²) in [5.41, 5.74) is 1.33. The second kappa shape index (κ2) is 9.45. The molecule has 29 heavy (non-hydrogen) atoms. The first-order valence-corrected chi connectivity index (χ1v) is 10.7. The third kappa shape index (κ3) is 5.39. The molecule has 154 valence electrons. The Labute approximate surface area is 178 Å². The lowest BCUT2D eigenvalue weighted by Crippen LogP contribution is -2.44. The van der Waals surface area contributed by atoms with Crippen LogP contribution < -0.4 is 5.32 Å². The van der Waals surface area contributed by atoms with Crippen LogP contribution in [0.15, 0.2) is 54.6 Å². The minimum absolute atomic E-state index is 0.0852. The van der Waals surface area contributed by atoms with Gasteiger partial charge in [0.2, 0.25) is 5.91 Å². The van der Waals surface area contributed by atoms with Crippen LogP contribution >= 0.6 is 11.6 Å². The van der Waals surface area contributed by atoms with Gasteiger partial charge in [-0.3, -0.25) is 9.59 Å². The van der Waals surface area contributed by atoms with Gasteiger partial charge < -0.3 is 10.2 Å². The fourth-order valence-corrected chi connectivity index (χ4v) is 3.76. The highest BCUT2D eigenvalue weighted by Gasteiger charge is 2.37. The van der Waals surface area contributed by atoms with Gasteiger partial charge in [-0.15, -0.1) is 0 Å². The van der Waals surface area contributed by atoms with Crippen LogP contribution in [0.25, 0.3) is 0 Å². The summed E-state index contributed by atoms with van der Waals surface area (Å²) in [5, 5.41) is 3.43. The Balaban J connectivity index is 1.81. The number of nitrogens with one attached hydrogen (secondary N) is 1. The molecule has 0 bridgehead atoms. The van der Waals surface area contributed by atoms with E-state index in [4.69, 9.17) is 11.6 Å². The molecule has 2 aromatic carbocycles. The van der Waals surface area contributed by atoms with Gasteiger partial charge >= 0.3 is 0 Å². The smallest absolute Gasteiger partial charge is 0.253 e. The Morgan fingerprint density at radius 2 is 1.66 bits per heavy atom. The Morgan fingerprint density at radius 1 is 1.03 bits per heavy atom. The summed E-state index contributed by atoms with van der Waals surface area (Å²) in [5.74, 6) is 0.196. The summed E-state index contributed by atoms with van der Waals surface area (Å²) in [6, 6.07) is 16.7. The van der Waals surface area contributed by atoms with E-state index in [9.17, 15) is 9.59 Å². The molecule has 4 nitrogen and oxygen atoms in total. The highest BCUT2D eigenvalue weighted by Crippen LogP contribution is 2.32. The Bertz CT molecular complexity index is 849. The first-order chi connectivity index (χ1) is 13.9. The maximum Gasteiger partial charge on any atom is 0.253 e.